The van der Waals surface area contributed by atoms with Crippen molar-refractivity contribution in [1.82, 2.24) is 10.2 Å². The van der Waals surface area contributed by atoms with Crippen LogP contribution in [-0.2, 0) is 6.54 Å². The molecule has 1 heterocycles. The molecule has 5 nitrogen and oxygen atoms in total. The summed E-state index contributed by atoms with van der Waals surface area (Å²) in [5, 5.41) is 15.2. The second kappa shape index (κ2) is 7.26. The van der Waals surface area contributed by atoms with Gasteiger partial charge in [0.2, 0.25) is 0 Å². The second-order valence-corrected chi connectivity index (χ2v) is 5.47. The SMILES string of the molecule is CC(NC1CCCN(Cc2ccccc2)C1)C(N)=NO. The third-order valence-electron chi connectivity index (χ3n) is 3.80. The largest absolute Gasteiger partial charge is 0.409 e. The normalized spacial score (nSPS) is 22.6. The van der Waals surface area contributed by atoms with Crippen LogP contribution >= 0.6 is 0 Å². The van der Waals surface area contributed by atoms with Gasteiger partial charge in [-0.25, -0.2) is 0 Å². The minimum Gasteiger partial charge on any atom is -0.409 e. The molecule has 0 saturated carbocycles. The molecule has 110 valence electrons. The molecule has 0 aliphatic carbocycles. The van der Waals surface area contributed by atoms with Crippen LogP contribution in [0.2, 0.25) is 0 Å². The molecule has 2 unspecified atom stereocenters. The molecule has 2 rings (SSSR count). The Hall–Kier alpha value is -1.59. The lowest BCUT2D eigenvalue weighted by Gasteiger charge is -2.34. The molecule has 1 aromatic carbocycles. The quantitative estimate of drug-likeness (QED) is 0.329. The molecule has 2 atom stereocenters. The number of oxime groups is 1. The van der Waals surface area contributed by atoms with E-state index in [2.05, 4.69) is 39.6 Å². The lowest BCUT2D eigenvalue weighted by molar-refractivity contribution is 0.181. The minimum atomic E-state index is -0.0957. The van der Waals surface area contributed by atoms with Crippen LogP contribution < -0.4 is 11.1 Å². The summed E-state index contributed by atoms with van der Waals surface area (Å²) in [5.74, 6) is 0.241. The number of nitrogens with two attached hydrogens (primary N) is 1. The number of nitrogens with one attached hydrogen (secondary N) is 1. The zero-order valence-corrected chi connectivity index (χ0v) is 12.0. The summed E-state index contributed by atoms with van der Waals surface area (Å²) in [6.45, 7) is 5.03. The molecule has 20 heavy (non-hydrogen) atoms. The van der Waals surface area contributed by atoms with Gasteiger partial charge in [-0.05, 0) is 31.9 Å². The van der Waals surface area contributed by atoms with Gasteiger partial charge in [0, 0.05) is 19.1 Å². The van der Waals surface area contributed by atoms with E-state index in [9.17, 15) is 0 Å². The standard InChI is InChI=1S/C15H24N4O/c1-12(15(16)18-20)17-14-8-5-9-19(11-14)10-13-6-3-2-4-7-13/h2-4,6-7,12,14,17,20H,5,8-11H2,1H3,(H2,16,18). The maximum absolute atomic E-state index is 8.69. The van der Waals surface area contributed by atoms with Crippen LogP contribution in [0.4, 0.5) is 0 Å². The second-order valence-electron chi connectivity index (χ2n) is 5.47. The Bertz CT molecular complexity index is 435. The first-order valence-electron chi connectivity index (χ1n) is 7.19. The maximum atomic E-state index is 8.69. The summed E-state index contributed by atoms with van der Waals surface area (Å²) in [4.78, 5) is 2.45. The molecule has 5 heteroatoms. The van der Waals surface area contributed by atoms with E-state index in [4.69, 9.17) is 10.9 Å². The highest BCUT2D eigenvalue weighted by atomic mass is 16.4. The Morgan fingerprint density at radius 2 is 2.25 bits per heavy atom. The molecule has 0 aromatic heterocycles. The Morgan fingerprint density at radius 1 is 1.50 bits per heavy atom. The molecule has 0 amide bonds. The van der Waals surface area contributed by atoms with Crippen molar-refractivity contribution in [3.63, 3.8) is 0 Å². The molecule has 0 bridgehead atoms. The highest BCUT2D eigenvalue weighted by molar-refractivity contribution is 5.84. The summed E-state index contributed by atoms with van der Waals surface area (Å²) in [6.07, 6.45) is 2.31. The number of nitrogens with zero attached hydrogens (tertiary/aromatic N) is 2. The zero-order chi connectivity index (χ0) is 14.4. The molecule has 1 aliphatic heterocycles. The molecule has 1 aliphatic rings. The summed E-state index contributed by atoms with van der Waals surface area (Å²) in [7, 11) is 0. The van der Waals surface area contributed by atoms with Crippen LogP contribution in [0.3, 0.4) is 0 Å². The van der Waals surface area contributed by atoms with Gasteiger partial charge in [0.25, 0.3) is 0 Å². The first-order valence-corrected chi connectivity index (χ1v) is 7.19. The van der Waals surface area contributed by atoms with Crippen molar-refractivity contribution in [3.8, 4) is 0 Å². The molecular formula is C15H24N4O. The van der Waals surface area contributed by atoms with Crippen LogP contribution in [0.5, 0.6) is 0 Å². The monoisotopic (exact) mass is 276 g/mol. The average molecular weight is 276 g/mol. The summed E-state index contributed by atoms with van der Waals surface area (Å²) >= 11 is 0. The fourth-order valence-electron chi connectivity index (χ4n) is 2.70. The van der Waals surface area contributed by atoms with Gasteiger partial charge in [-0.1, -0.05) is 35.5 Å². The van der Waals surface area contributed by atoms with Crippen LogP contribution in [0.15, 0.2) is 35.5 Å². The third-order valence-corrected chi connectivity index (χ3v) is 3.80. The van der Waals surface area contributed by atoms with E-state index in [-0.39, 0.29) is 11.9 Å². The van der Waals surface area contributed by atoms with Crippen LogP contribution in [0.1, 0.15) is 25.3 Å². The number of benzene rings is 1. The Kier molecular flexibility index (Phi) is 5.38. The minimum absolute atomic E-state index is 0.0957. The first kappa shape index (κ1) is 14.8. The number of likely N-dealkylation sites (tertiary alicyclic amines) is 1. The van der Waals surface area contributed by atoms with E-state index >= 15 is 0 Å². The van der Waals surface area contributed by atoms with E-state index in [1.165, 1.54) is 12.0 Å². The molecule has 1 fully saturated rings. The molecule has 0 radical (unpaired) electrons. The van der Waals surface area contributed by atoms with Gasteiger partial charge in [0.05, 0.1) is 6.04 Å². The van der Waals surface area contributed by atoms with Gasteiger partial charge in [-0.2, -0.15) is 0 Å². The Labute approximate surface area is 120 Å². The number of piperidine rings is 1. The topological polar surface area (TPSA) is 73.9 Å². The van der Waals surface area contributed by atoms with Gasteiger partial charge in [-0.15, -0.1) is 0 Å². The smallest absolute Gasteiger partial charge is 0.156 e. The molecule has 0 spiro atoms. The predicted molar refractivity (Wildman–Crippen MR) is 80.7 cm³/mol. The van der Waals surface area contributed by atoms with Crippen LogP contribution in [0.25, 0.3) is 0 Å². The van der Waals surface area contributed by atoms with Gasteiger partial charge in [-0.3, -0.25) is 4.90 Å². The Morgan fingerprint density at radius 3 is 2.95 bits per heavy atom. The fraction of sp³-hybridized carbons (Fsp3) is 0.533. The number of amidine groups is 1. The van der Waals surface area contributed by atoms with Crippen molar-refractivity contribution in [2.24, 2.45) is 10.9 Å². The Balaban J connectivity index is 1.85. The molecular weight excluding hydrogens is 252 g/mol. The summed E-state index contributed by atoms with van der Waals surface area (Å²) in [5.41, 5.74) is 6.96. The van der Waals surface area contributed by atoms with E-state index in [1.807, 2.05) is 13.0 Å². The average Bonchev–Trinajstić information content (AvgIpc) is 2.47. The van der Waals surface area contributed by atoms with Gasteiger partial charge in [0.15, 0.2) is 5.84 Å². The van der Waals surface area contributed by atoms with Crippen LogP contribution in [0, 0.1) is 0 Å². The third kappa shape index (κ3) is 4.21. The van der Waals surface area contributed by atoms with E-state index in [1.54, 1.807) is 0 Å². The molecule has 4 N–H and O–H groups in total. The fourth-order valence-corrected chi connectivity index (χ4v) is 2.70. The van der Waals surface area contributed by atoms with Crippen molar-refractivity contribution in [2.75, 3.05) is 13.1 Å². The highest BCUT2D eigenvalue weighted by Crippen LogP contribution is 2.14. The van der Waals surface area contributed by atoms with Crippen molar-refractivity contribution in [2.45, 2.75) is 38.4 Å². The number of hydrogen-bond donors (Lipinski definition) is 3. The zero-order valence-electron chi connectivity index (χ0n) is 12.0. The van der Waals surface area contributed by atoms with Gasteiger partial charge < -0.3 is 16.3 Å². The molecule has 1 aromatic rings. The van der Waals surface area contributed by atoms with Crippen molar-refractivity contribution >= 4 is 5.84 Å². The lowest BCUT2D eigenvalue weighted by Crippen LogP contribution is -2.51. The van der Waals surface area contributed by atoms with E-state index in [0.29, 0.717) is 6.04 Å². The van der Waals surface area contributed by atoms with Gasteiger partial charge in [0.1, 0.15) is 0 Å². The highest BCUT2D eigenvalue weighted by Gasteiger charge is 2.22. The van der Waals surface area contributed by atoms with Crippen molar-refractivity contribution < 1.29 is 5.21 Å². The van der Waals surface area contributed by atoms with E-state index < -0.39 is 0 Å². The van der Waals surface area contributed by atoms with Gasteiger partial charge >= 0.3 is 0 Å². The lowest BCUT2D eigenvalue weighted by atomic mass is 10.0. The maximum Gasteiger partial charge on any atom is 0.156 e. The van der Waals surface area contributed by atoms with Crippen molar-refractivity contribution in [1.29, 1.82) is 0 Å². The van der Waals surface area contributed by atoms with Crippen LogP contribution in [-0.4, -0.2) is 41.1 Å². The molecule has 1 saturated heterocycles. The number of rotatable bonds is 5. The predicted octanol–water partition coefficient (Wildman–Crippen LogP) is 1.38. The summed E-state index contributed by atoms with van der Waals surface area (Å²) < 4.78 is 0. The van der Waals surface area contributed by atoms with E-state index in [0.717, 1.165) is 26.1 Å². The summed E-state index contributed by atoms with van der Waals surface area (Å²) in [6, 6.07) is 10.8. The first-order chi connectivity index (χ1) is 9.69. The van der Waals surface area contributed by atoms with Crippen molar-refractivity contribution in [3.05, 3.63) is 35.9 Å². The number of hydrogen-bond acceptors (Lipinski definition) is 4.